The Morgan fingerprint density at radius 3 is 2.62 bits per heavy atom. The van der Waals surface area contributed by atoms with Crippen LogP contribution in [0.3, 0.4) is 0 Å². The molecule has 2 aliphatic heterocycles. The maximum atomic E-state index is 12.4. The number of hydrogen-bond acceptors (Lipinski definition) is 5. The lowest BCUT2D eigenvalue weighted by Gasteiger charge is -2.38. The number of aliphatic hydroxyl groups is 2. The van der Waals surface area contributed by atoms with Crippen molar-refractivity contribution in [2.24, 2.45) is 29.6 Å². The van der Waals surface area contributed by atoms with Crippen molar-refractivity contribution < 1.29 is 24.5 Å². The molecule has 130 valence electrons. The van der Waals surface area contributed by atoms with Crippen LogP contribution in [0.5, 0.6) is 0 Å². The molecular formula is C19H24O5. The van der Waals surface area contributed by atoms with Crippen LogP contribution >= 0.6 is 0 Å². The fourth-order valence-electron chi connectivity index (χ4n) is 5.11. The molecule has 0 aromatic rings. The second-order valence-corrected chi connectivity index (χ2v) is 7.93. The third kappa shape index (κ3) is 2.54. The van der Waals surface area contributed by atoms with Crippen molar-refractivity contribution in [2.75, 3.05) is 0 Å². The number of ketones is 1. The molecule has 0 unspecified atom stereocenters. The summed E-state index contributed by atoms with van der Waals surface area (Å²) in [7, 11) is 0. The Hall–Kier alpha value is -1.46. The predicted octanol–water partition coefficient (Wildman–Crippen LogP) is 1.39. The molecule has 2 N–H and O–H groups in total. The zero-order valence-electron chi connectivity index (χ0n) is 13.8. The van der Waals surface area contributed by atoms with Crippen molar-refractivity contribution in [3.63, 3.8) is 0 Å². The van der Waals surface area contributed by atoms with E-state index in [1.54, 1.807) is 6.08 Å². The Kier molecular flexibility index (Phi) is 3.88. The van der Waals surface area contributed by atoms with Crippen molar-refractivity contribution in [1.29, 1.82) is 0 Å². The molecule has 5 aliphatic rings. The first-order valence-corrected chi connectivity index (χ1v) is 8.94. The molecule has 8 atom stereocenters. The largest absolute Gasteiger partial charge is 0.458 e. The Morgan fingerprint density at radius 1 is 1.08 bits per heavy atom. The number of rotatable bonds is 0. The van der Waals surface area contributed by atoms with Gasteiger partial charge in [-0.15, -0.1) is 0 Å². The summed E-state index contributed by atoms with van der Waals surface area (Å²) >= 11 is 0. The predicted molar refractivity (Wildman–Crippen MR) is 85.7 cm³/mol. The summed E-state index contributed by atoms with van der Waals surface area (Å²) in [6.45, 7) is 2.04. The van der Waals surface area contributed by atoms with Gasteiger partial charge in [0.25, 0.3) is 0 Å². The van der Waals surface area contributed by atoms with E-state index in [0.717, 1.165) is 6.42 Å². The number of esters is 1. The second-order valence-electron chi connectivity index (χ2n) is 7.93. The average molecular weight is 332 g/mol. The van der Waals surface area contributed by atoms with Gasteiger partial charge >= 0.3 is 5.97 Å². The van der Waals surface area contributed by atoms with E-state index in [2.05, 4.69) is 12.2 Å². The van der Waals surface area contributed by atoms with Crippen molar-refractivity contribution in [3.05, 3.63) is 23.8 Å². The topological polar surface area (TPSA) is 83.8 Å². The minimum absolute atomic E-state index is 0.0181. The van der Waals surface area contributed by atoms with Crippen LogP contribution < -0.4 is 0 Å². The molecular weight excluding hydrogens is 308 g/mol. The quantitative estimate of drug-likeness (QED) is 0.398. The number of Topliss-reactive ketones (excluding diaryl/α,β-unsaturated/α-hetero) is 1. The highest BCUT2D eigenvalue weighted by Crippen LogP contribution is 2.49. The number of carbonyl (C=O) groups excluding carboxylic acids is 2. The van der Waals surface area contributed by atoms with Gasteiger partial charge < -0.3 is 14.9 Å². The summed E-state index contributed by atoms with van der Waals surface area (Å²) in [4.78, 5) is 24.6. The van der Waals surface area contributed by atoms with Gasteiger partial charge in [0.05, 0.1) is 17.8 Å². The molecule has 5 nitrogen and oxygen atoms in total. The summed E-state index contributed by atoms with van der Waals surface area (Å²) in [6, 6.07) is 0. The molecule has 3 aliphatic carbocycles. The SMILES string of the molecule is C[C@H]1C[C@H]2[C@H](C=C[C@@H]3C[C@@H](O)C[C@@H]4CC(=O)/C(=C/[C@H]23)C(=O)O4)[C@H]1O. The van der Waals surface area contributed by atoms with Crippen LogP contribution in [-0.4, -0.2) is 40.3 Å². The van der Waals surface area contributed by atoms with Crippen LogP contribution in [0.15, 0.2) is 23.8 Å². The van der Waals surface area contributed by atoms with Gasteiger partial charge in [-0.3, -0.25) is 4.79 Å². The van der Waals surface area contributed by atoms with Crippen LogP contribution in [0.4, 0.5) is 0 Å². The molecule has 24 heavy (non-hydrogen) atoms. The maximum Gasteiger partial charge on any atom is 0.341 e. The van der Waals surface area contributed by atoms with Crippen LogP contribution in [0.25, 0.3) is 0 Å². The highest BCUT2D eigenvalue weighted by atomic mass is 16.5. The molecule has 0 aromatic carbocycles. The molecule has 5 rings (SSSR count). The lowest BCUT2D eigenvalue weighted by molar-refractivity contribution is -0.153. The monoisotopic (exact) mass is 332 g/mol. The summed E-state index contributed by atoms with van der Waals surface area (Å²) in [5.41, 5.74) is 0.167. The zero-order valence-corrected chi connectivity index (χ0v) is 13.8. The molecule has 0 spiro atoms. The van der Waals surface area contributed by atoms with Crippen molar-refractivity contribution >= 4 is 11.8 Å². The highest BCUT2D eigenvalue weighted by Gasteiger charge is 2.47. The number of ether oxygens (including phenoxy) is 1. The smallest absolute Gasteiger partial charge is 0.341 e. The second kappa shape index (κ2) is 5.81. The molecule has 1 saturated carbocycles. The van der Waals surface area contributed by atoms with Gasteiger partial charge in [-0.05, 0) is 36.5 Å². The van der Waals surface area contributed by atoms with E-state index >= 15 is 0 Å². The Labute approximate surface area is 141 Å². The van der Waals surface area contributed by atoms with Gasteiger partial charge in [0, 0.05) is 18.8 Å². The number of carbonyl (C=O) groups is 2. The minimum atomic E-state index is -0.596. The third-order valence-electron chi connectivity index (χ3n) is 6.33. The van der Waals surface area contributed by atoms with Gasteiger partial charge in [-0.25, -0.2) is 4.79 Å². The average Bonchev–Trinajstić information content (AvgIpc) is 2.79. The maximum absolute atomic E-state index is 12.4. The minimum Gasteiger partial charge on any atom is -0.458 e. The lowest BCUT2D eigenvalue weighted by atomic mass is 9.68. The van der Waals surface area contributed by atoms with Crippen LogP contribution in [0.2, 0.25) is 0 Å². The van der Waals surface area contributed by atoms with Gasteiger partial charge in [0.1, 0.15) is 6.10 Å². The standard InChI is InChI=1S/C19H24O5/c1-9-4-15-13(18(9)22)3-2-10-5-11(20)6-12-7-17(21)16(8-14(10)15)19(23)24-12/h2-3,8-15,18,20,22H,4-7H2,1H3/b16-8-/t9-,10+,11+,12+,13-,14-,15-,18-/m0/s1. The third-order valence-corrected chi connectivity index (χ3v) is 6.33. The molecule has 2 fully saturated rings. The fraction of sp³-hybridized carbons (Fsp3) is 0.684. The van der Waals surface area contributed by atoms with Crippen LogP contribution in [0.1, 0.15) is 32.6 Å². The zero-order chi connectivity index (χ0) is 17.0. The summed E-state index contributed by atoms with van der Waals surface area (Å²) < 4.78 is 5.34. The van der Waals surface area contributed by atoms with E-state index in [0.29, 0.717) is 12.8 Å². The Balaban J connectivity index is 1.76. The number of fused-ring (bicyclic) bond motifs is 5. The molecule has 2 heterocycles. The fourth-order valence-corrected chi connectivity index (χ4v) is 5.11. The molecule has 5 heteroatoms. The van der Waals surface area contributed by atoms with E-state index in [4.69, 9.17) is 4.74 Å². The van der Waals surface area contributed by atoms with E-state index in [9.17, 15) is 19.8 Å². The highest BCUT2D eigenvalue weighted by molar-refractivity contribution is 6.18. The molecule has 1 saturated heterocycles. The van der Waals surface area contributed by atoms with Crippen LogP contribution in [-0.2, 0) is 14.3 Å². The van der Waals surface area contributed by atoms with Gasteiger partial charge in [0.15, 0.2) is 5.78 Å². The Morgan fingerprint density at radius 2 is 1.88 bits per heavy atom. The number of hydrogen-bond donors (Lipinski definition) is 2. The number of aliphatic hydroxyl groups excluding tert-OH is 2. The first kappa shape index (κ1) is 16.0. The van der Waals surface area contributed by atoms with E-state index in [1.165, 1.54) is 0 Å². The Bertz CT molecular complexity index is 601. The molecule has 0 amide bonds. The van der Waals surface area contributed by atoms with E-state index in [-0.39, 0.29) is 53.5 Å². The summed E-state index contributed by atoms with van der Waals surface area (Å²) in [5, 5.41) is 20.8. The van der Waals surface area contributed by atoms with Crippen molar-refractivity contribution in [3.8, 4) is 0 Å². The van der Waals surface area contributed by atoms with Crippen molar-refractivity contribution in [1.82, 2.24) is 0 Å². The summed E-state index contributed by atoms with van der Waals surface area (Å²) in [5.74, 6) is -0.214. The summed E-state index contributed by atoms with van der Waals surface area (Å²) in [6.07, 6.45) is 6.38. The van der Waals surface area contributed by atoms with Gasteiger partial charge in [-0.1, -0.05) is 25.2 Å². The van der Waals surface area contributed by atoms with Gasteiger partial charge in [0.2, 0.25) is 0 Å². The van der Waals surface area contributed by atoms with Crippen LogP contribution in [0, 0.1) is 29.6 Å². The van der Waals surface area contributed by atoms with Gasteiger partial charge in [-0.2, -0.15) is 0 Å². The molecule has 0 radical (unpaired) electrons. The molecule has 0 aromatic heterocycles. The number of allylic oxidation sites excluding steroid dienone is 2. The normalized spacial score (nSPS) is 49.9. The van der Waals surface area contributed by atoms with E-state index < -0.39 is 18.2 Å². The van der Waals surface area contributed by atoms with Crippen molar-refractivity contribution in [2.45, 2.75) is 50.9 Å². The molecule has 2 bridgehead atoms. The van der Waals surface area contributed by atoms with E-state index in [1.807, 2.05) is 6.92 Å². The lowest BCUT2D eigenvalue weighted by Crippen LogP contribution is -2.39. The first-order valence-electron chi connectivity index (χ1n) is 8.94. The first-order chi connectivity index (χ1) is 11.4.